The molecule has 0 bridgehead atoms. The SMILES string of the molecule is CC(CC#N)N(C)C(=O)c1ccc(CN)o1. The molecule has 0 aliphatic carbocycles. The predicted molar refractivity (Wildman–Crippen MR) is 58.4 cm³/mol. The summed E-state index contributed by atoms with van der Waals surface area (Å²) in [6.45, 7) is 2.08. The number of carbonyl (C=O) groups excluding carboxylic acids is 1. The van der Waals surface area contributed by atoms with E-state index in [1.54, 1.807) is 19.2 Å². The van der Waals surface area contributed by atoms with Crippen LogP contribution in [-0.2, 0) is 6.54 Å². The van der Waals surface area contributed by atoms with Gasteiger partial charge in [-0.1, -0.05) is 0 Å². The zero-order valence-corrected chi connectivity index (χ0v) is 9.43. The highest BCUT2D eigenvalue weighted by molar-refractivity contribution is 5.91. The Hall–Kier alpha value is -1.80. The maximum Gasteiger partial charge on any atom is 0.289 e. The molecule has 1 amide bonds. The average molecular weight is 221 g/mol. The van der Waals surface area contributed by atoms with Crippen LogP contribution in [0, 0.1) is 11.3 Å². The molecule has 0 saturated carbocycles. The molecular weight excluding hydrogens is 206 g/mol. The van der Waals surface area contributed by atoms with Gasteiger partial charge in [0.25, 0.3) is 5.91 Å². The van der Waals surface area contributed by atoms with Crippen LogP contribution in [0.2, 0.25) is 0 Å². The van der Waals surface area contributed by atoms with Crippen molar-refractivity contribution in [3.63, 3.8) is 0 Å². The molecular formula is C11H15N3O2. The summed E-state index contributed by atoms with van der Waals surface area (Å²) >= 11 is 0. The molecule has 5 nitrogen and oxygen atoms in total. The van der Waals surface area contributed by atoms with E-state index < -0.39 is 0 Å². The minimum Gasteiger partial charge on any atom is -0.455 e. The number of hydrogen-bond donors (Lipinski definition) is 1. The third kappa shape index (κ3) is 2.61. The van der Waals surface area contributed by atoms with E-state index >= 15 is 0 Å². The largest absolute Gasteiger partial charge is 0.455 e. The third-order valence-electron chi connectivity index (χ3n) is 2.44. The summed E-state index contributed by atoms with van der Waals surface area (Å²) in [5.41, 5.74) is 5.39. The zero-order valence-electron chi connectivity index (χ0n) is 9.43. The second-order valence-corrected chi connectivity index (χ2v) is 3.60. The van der Waals surface area contributed by atoms with Crippen LogP contribution >= 0.6 is 0 Å². The second kappa shape index (κ2) is 5.33. The minimum atomic E-state index is -0.234. The molecule has 1 heterocycles. The molecule has 0 spiro atoms. The quantitative estimate of drug-likeness (QED) is 0.825. The van der Waals surface area contributed by atoms with Gasteiger partial charge in [0.05, 0.1) is 19.0 Å². The van der Waals surface area contributed by atoms with Gasteiger partial charge in [0.1, 0.15) is 5.76 Å². The lowest BCUT2D eigenvalue weighted by atomic mass is 10.2. The van der Waals surface area contributed by atoms with Crippen molar-refractivity contribution >= 4 is 5.91 Å². The van der Waals surface area contributed by atoms with Gasteiger partial charge in [0.2, 0.25) is 0 Å². The van der Waals surface area contributed by atoms with Crippen LogP contribution in [0.25, 0.3) is 0 Å². The minimum absolute atomic E-state index is 0.135. The molecule has 1 unspecified atom stereocenters. The Labute approximate surface area is 94.4 Å². The summed E-state index contributed by atoms with van der Waals surface area (Å²) in [5.74, 6) is 0.597. The number of amides is 1. The molecule has 0 fully saturated rings. The summed E-state index contributed by atoms with van der Waals surface area (Å²) < 4.78 is 5.24. The average Bonchev–Trinajstić information content (AvgIpc) is 2.75. The molecule has 1 aromatic heterocycles. The first-order valence-electron chi connectivity index (χ1n) is 5.03. The number of nitrogens with zero attached hydrogens (tertiary/aromatic N) is 2. The van der Waals surface area contributed by atoms with E-state index in [1.165, 1.54) is 4.90 Å². The molecule has 16 heavy (non-hydrogen) atoms. The van der Waals surface area contributed by atoms with Gasteiger partial charge in [0.15, 0.2) is 5.76 Å². The number of furan rings is 1. The van der Waals surface area contributed by atoms with Gasteiger partial charge >= 0.3 is 0 Å². The highest BCUT2D eigenvalue weighted by atomic mass is 16.4. The van der Waals surface area contributed by atoms with Crippen molar-refractivity contribution in [2.45, 2.75) is 25.9 Å². The van der Waals surface area contributed by atoms with Crippen LogP contribution in [0.1, 0.15) is 29.7 Å². The van der Waals surface area contributed by atoms with Gasteiger partial charge in [-0.15, -0.1) is 0 Å². The Morgan fingerprint density at radius 1 is 1.69 bits per heavy atom. The maximum atomic E-state index is 11.9. The van der Waals surface area contributed by atoms with Gasteiger partial charge in [-0.2, -0.15) is 5.26 Å². The Balaban J connectivity index is 2.74. The molecule has 2 N–H and O–H groups in total. The van der Waals surface area contributed by atoms with E-state index in [2.05, 4.69) is 0 Å². The fourth-order valence-corrected chi connectivity index (χ4v) is 1.25. The summed E-state index contributed by atoms with van der Waals surface area (Å²) in [4.78, 5) is 13.4. The van der Waals surface area contributed by atoms with Gasteiger partial charge in [-0.05, 0) is 19.1 Å². The lowest BCUT2D eigenvalue weighted by molar-refractivity contribution is 0.0712. The number of carbonyl (C=O) groups is 1. The van der Waals surface area contributed by atoms with E-state index in [0.29, 0.717) is 12.2 Å². The summed E-state index contributed by atoms with van der Waals surface area (Å²) in [5, 5.41) is 8.55. The third-order valence-corrected chi connectivity index (χ3v) is 2.44. The normalized spacial score (nSPS) is 11.9. The smallest absolute Gasteiger partial charge is 0.289 e. The Morgan fingerprint density at radius 3 is 2.88 bits per heavy atom. The number of nitrogens with two attached hydrogens (primary N) is 1. The molecule has 0 radical (unpaired) electrons. The van der Waals surface area contributed by atoms with Crippen molar-refractivity contribution in [2.24, 2.45) is 5.73 Å². The molecule has 5 heteroatoms. The molecule has 0 saturated heterocycles. The van der Waals surface area contributed by atoms with Crippen molar-refractivity contribution in [3.05, 3.63) is 23.7 Å². The van der Waals surface area contributed by atoms with Crippen molar-refractivity contribution in [3.8, 4) is 6.07 Å². The fourth-order valence-electron chi connectivity index (χ4n) is 1.25. The van der Waals surface area contributed by atoms with Crippen LogP contribution in [0.5, 0.6) is 0 Å². The molecule has 86 valence electrons. The number of hydrogen-bond acceptors (Lipinski definition) is 4. The monoisotopic (exact) mass is 221 g/mol. The Morgan fingerprint density at radius 2 is 2.38 bits per heavy atom. The molecule has 0 aliphatic rings. The fraction of sp³-hybridized carbons (Fsp3) is 0.455. The highest BCUT2D eigenvalue weighted by Crippen LogP contribution is 2.12. The first-order valence-corrected chi connectivity index (χ1v) is 5.03. The predicted octanol–water partition coefficient (Wildman–Crippen LogP) is 1.11. The summed E-state index contributed by atoms with van der Waals surface area (Å²) in [6, 6.07) is 5.17. The van der Waals surface area contributed by atoms with Crippen molar-refractivity contribution in [1.82, 2.24) is 4.90 Å². The van der Waals surface area contributed by atoms with Crippen molar-refractivity contribution in [1.29, 1.82) is 5.26 Å². The highest BCUT2D eigenvalue weighted by Gasteiger charge is 2.20. The lowest BCUT2D eigenvalue weighted by Gasteiger charge is -2.21. The Kier molecular flexibility index (Phi) is 4.09. The van der Waals surface area contributed by atoms with E-state index in [0.717, 1.165) is 0 Å². The van der Waals surface area contributed by atoms with Crippen LogP contribution in [0.3, 0.4) is 0 Å². The maximum absolute atomic E-state index is 11.9. The summed E-state index contributed by atoms with van der Waals surface area (Å²) in [7, 11) is 1.65. The molecule has 1 rings (SSSR count). The van der Waals surface area contributed by atoms with E-state index in [9.17, 15) is 4.79 Å². The molecule has 1 aromatic rings. The Bertz CT molecular complexity index is 406. The standard InChI is InChI=1S/C11H15N3O2/c1-8(5-6-12)14(2)11(15)10-4-3-9(7-13)16-10/h3-4,8H,5,7,13H2,1-2H3. The van der Waals surface area contributed by atoms with Crippen LogP contribution in [0.15, 0.2) is 16.5 Å². The first-order chi connectivity index (χ1) is 7.60. The zero-order chi connectivity index (χ0) is 12.1. The lowest BCUT2D eigenvalue weighted by Crippen LogP contribution is -2.34. The van der Waals surface area contributed by atoms with E-state index in [1.807, 2.05) is 13.0 Å². The summed E-state index contributed by atoms with van der Waals surface area (Å²) in [6.07, 6.45) is 0.298. The molecule has 0 aromatic carbocycles. The molecule has 1 atom stereocenters. The van der Waals surface area contributed by atoms with Crippen LogP contribution in [-0.4, -0.2) is 23.9 Å². The van der Waals surface area contributed by atoms with E-state index in [-0.39, 0.29) is 24.3 Å². The van der Waals surface area contributed by atoms with Crippen LogP contribution < -0.4 is 5.73 Å². The van der Waals surface area contributed by atoms with Gasteiger partial charge in [-0.3, -0.25) is 4.79 Å². The van der Waals surface area contributed by atoms with Crippen molar-refractivity contribution in [2.75, 3.05) is 7.05 Å². The van der Waals surface area contributed by atoms with Gasteiger partial charge in [0, 0.05) is 13.1 Å². The van der Waals surface area contributed by atoms with Gasteiger partial charge < -0.3 is 15.1 Å². The molecule has 0 aliphatic heterocycles. The van der Waals surface area contributed by atoms with Gasteiger partial charge in [-0.25, -0.2) is 0 Å². The topological polar surface area (TPSA) is 83.3 Å². The van der Waals surface area contributed by atoms with Crippen molar-refractivity contribution < 1.29 is 9.21 Å². The second-order valence-electron chi connectivity index (χ2n) is 3.60. The number of nitriles is 1. The number of rotatable bonds is 4. The van der Waals surface area contributed by atoms with E-state index in [4.69, 9.17) is 15.4 Å². The first kappa shape index (κ1) is 12.3. The van der Waals surface area contributed by atoms with Crippen LogP contribution in [0.4, 0.5) is 0 Å².